The van der Waals surface area contributed by atoms with Crippen LogP contribution in [0.4, 0.5) is 0 Å². The third kappa shape index (κ3) is 3.79. The fourth-order valence-electron chi connectivity index (χ4n) is 0.951. The van der Waals surface area contributed by atoms with Crippen LogP contribution in [0.25, 0.3) is 0 Å². The highest BCUT2D eigenvalue weighted by atomic mass is 35.5. The smallest absolute Gasteiger partial charge is 0.194 e. The van der Waals surface area contributed by atoms with Crippen molar-refractivity contribution in [2.45, 2.75) is 26.4 Å². The van der Waals surface area contributed by atoms with Crippen molar-refractivity contribution in [2.24, 2.45) is 0 Å². The van der Waals surface area contributed by atoms with Crippen molar-refractivity contribution in [3.63, 3.8) is 0 Å². The molecule has 0 bridgehead atoms. The molecular weight excluding hydrogens is 190 g/mol. The summed E-state index contributed by atoms with van der Waals surface area (Å²) in [5, 5.41) is 0. The second-order valence-electron chi connectivity index (χ2n) is 2.65. The summed E-state index contributed by atoms with van der Waals surface area (Å²) in [5.74, 6) is 2.17. The first-order chi connectivity index (χ1) is 6.36. The van der Waals surface area contributed by atoms with Crippen LogP contribution in [-0.4, -0.2) is 17.5 Å². The fourth-order valence-corrected chi connectivity index (χ4v) is 1.08. The van der Waals surface area contributed by atoms with Crippen LogP contribution in [0.15, 0.2) is 10.6 Å². The molecule has 0 amide bonds. The molecule has 1 rings (SSSR count). The number of aromatic nitrogens is 1. The summed E-state index contributed by atoms with van der Waals surface area (Å²) in [6, 6.07) is 0. The maximum absolute atomic E-state index is 5.55. The average Bonchev–Trinajstić information content (AvgIpc) is 2.59. The van der Waals surface area contributed by atoms with Crippen molar-refractivity contribution < 1.29 is 9.15 Å². The molecule has 1 heterocycles. The van der Waals surface area contributed by atoms with Crippen molar-refractivity contribution in [2.75, 3.05) is 12.5 Å². The van der Waals surface area contributed by atoms with E-state index in [9.17, 15) is 0 Å². The molecule has 1 aromatic heterocycles. The van der Waals surface area contributed by atoms with Gasteiger partial charge in [-0.05, 0) is 13.3 Å². The number of ether oxygens (including phenoxy) is 1. The van der Waals surface area contributed by atoms with Crippen LogP contribution in [0, 0.1) is 0 Å². The van der Waals surface area contributed by atoms with Crippen LogP contribution in [-0.2, 0) is 17.8 Å². The SMILES string of the molecule is CCOCc1cnc(CCCCl)o1. The molecule has 0 saturated carbocycles. The molecule has 0 atom stereocenters. The highest BCUT2D eigenvalue weighted by Crippen LogP contribution is 2.07. The Morgan fingerprint density at radius 1 is 1.62 bits per heavy atom. The summed E-state index contributed by atoms with van der Waals surface area (Å²) in [6.45, 7) is 3.15. The molecule has 0 aliphatic carbocycles. The number of alkyl halides is 1. The number of rotatable bonds is 6. The number of halogens is 1. The number of hydrogen-bond donors (Lipinski definition) is 0. The van der Waals surface area contributed by atoms with Gasteiger partial charge >= 0.3 is 0 Å². The number of oxazole rings is 1. The zero-order valence-electron chi connectivity index (χ0n) is 7.75. The molecule has 0 saturated heterocycles. The molecule has 0 fully saturated rings. The Morgan fingerprint density at radius 2 is 2.46 bits per heavy atom. The standard InChI is InChI=1S/C9H14ClNO2/c1-2-12-7-8-6-11-9(13-8)4-3-5-10/h6H,2-5,7H2,1H3. The van der Waals surface area contributed by atoms with E-state index in [1.807, 2.05) is 6.92 Å². The first kappa shape index (κ1) is 10.5. The average molecular weight is 204 g/mol. The van der Waals surface area contributed by atoms with Crippen LogP contribution in [0.1, 0.15) is 25.0 Å². The monoisotopic (exact) mass is 203 g/mol. The first-order valence-corrected chi connectivity index (χ1v) is 4.97. The largest absolute Gasteiger partial charge is 0.443 e. The third-order valence-corrected chi connectivity index (χ3v) is 1.84. The summed E-state index contributed by atoms with van der Waals surface area (Å²) in [4.78, 5) is 4.10. The molecule has 13 heavy (non-hydrogen) atoms. The van der Waals surface area contributed by atoms with Crippen LogP contribution in [0.5, 0.6) is 0 Å². The summed E-state index contributed by atoms with van der Waals surface area (Å²) in [6.07, 6.45) is 3.41. The zero-order valence-corrected chi connectivity index (χ0v) is 8.51. The van der Waals surface area contributed by atoms with E-state index in [1.165, 1.54) is 0 Å². The van der Waals surface area contributed by atoms with E-state index in [2.05, 4.69) is 4.98 Å². The Kier molecular flexibility index (Phi) is 4.86. The maximum Gasteiger partial charge on any atom is 0.194 e. The van der Waals surface area contributed by atoms with E-state index in [0.29, 0.717) is 19.1 Å². The molecule has 1 aromatic rings. The molecular formula is C9H14ClNO2. The van der Waals surface area contributed by atoms with E-state index >= 15 is 0 Å². The minimum absolute atomic E-state index is 0.504. The lowest BCUT2D eigenvalue weighted by Crippen LogP contribution is -1.89. The summed E-state index contributed by atoms with van der Waals surface area (Å²) in [7, 11) is 0. The molecule has 0 radical (unpaired) electrons. The topological polar surface area (TPSA) is 35.3 Å². The second kappa shape index (κ2) is 6.00. The van der Waals surface area contributed by atoms with Gasteiger partial charge in [0.2, 0.25) is 0 Å². The molecule has 0 unspecified atom stereocenters. The summed E-state index contributed by atoms with van der Waals surface area (Å²) >= 11 is 5.55. The van der Waals surface area contributed by atoms with Crippen molar-refractivity contribution in [1.82, 2.24) is 4.98 Å². The van der Waals surface area contributed by atoms with Gasteiger partial charge in [-0.25, -0.2) is 4.98 Å². The van der Waals surface area contributed by atoms with Gasteiger partial charge in [-0.1, -0.05) is 0 Å². The summed E-state index contributed by atoms with van der Waals surface area (Å²) in [5.41, 5.74) is 0. The second-order valence-corrected chi connectivity index (χ2v) is 3.03. The fraction of sp³-hybridized carbons (Fsp3) is 0.667. The molecule has 0 aliphatic heterocycles. The Labute approximate surface area is 83.1 Å². The lowest BCUT2D eigenvalue weighted by Gasteiger charge is -1.95. The van der Waals surface area contributed by atoms with Crippen molar-refractivity contribution in [3.8, 4) is 0 Å². The Balaban J connectivity index is 2.34. The first-order valence-electron chi connectivity index (χ1n) is 4.44. The molecule has 0 N–H and O–H groups in total. The minimum atomic E-state index is 0.504. The molecule has 4 heteroatoms. The van der Waals surface area contributed by atoms with Gasteiger partial charge in [-0.15, -0.1) is 11.6 Å². The minimum Gasteiger partial charge on any atom is -0.443 e. The number of aryl methyl sites for hydroxylation is 1. The van der Waals surface area contributed by atoms with Gasteiger partial charge in [-0.2, -0.15) is 0 Å². The molecule has 0 aliphatic rings. The van der Waals surface area contributed by atoms with E-state index < -0.39 is 0 Å². The normalized spacial score (nSPS) is 10.6. The zero-order chi connectivity index (χ0) is 9.52. The Morgan fingerprint density at radius 3 is 3.15 bits per heavy atom. The lowest BCUT2D eigenvalue weighted by atomic mass is 10.3. The van der Waals surface area contributed by atoms with Crippen LogP contribution in [0.2, 0.25) is 0 Å². The molecule has 0 aromatic carbocycles. The molecule has 0 spiro atoms. The highest BCUT2D eigenvalue weighted by Gasteiger charge is 2.02. The number of hydrogen-bond acceptors (Lipinski definition) is 3. The lowest BCUT2D eigenvalue weighted by molar-refractivity contribution is 0.117. The van der Waals surface area contributed by atoms with Crippen molar-refractivity contribution >= 4 is 11.6 Å². The Bertz CT molecular complexity index is 215. The number of nitrogens with zero attached hydrogens (tertiary/aromatic N) is 1. The van der Waals surface area contributed by atoms with Crippen LogP contribution >= 0.6 is 11.6 Å². The van der Waals surface area contributed by atoms with Gasteiger partial charge in [0, 0.05) is 18.9 Å². The van der Waals surface area contributed by atoms with Crippen molar-refractivity contribution in [3.05, 3.63) is 17.8 Å². The van der Waals surface area contributed by atoms with Crippen LogP contribution in [0.3, 0.4) is 0 Å². The van der Waals surface area contributed by atoms with Gasteiger partial charge in [0.25, 0.3) is 0 Å². The summed E-state index contributed by atoms with van der Waals surface area (Å²) < 4.78 is 10.6. The Hall–Kier alpha value is -0.540. The van der Waals surface area contributed by atoms with Gasteiger partial charge in [0.05, 0.1) is 6.20 Å². The quantitative estimate of drug-likeness (QED) is 0.666. The van der Waals surface area contributed by atoms with Crippen LogP contribution < -0.4 is 0 Å². The third-order valence-electron chi connectivity index (χ3n) is 1.57. The van der Waals surface area contributed by atoms with E-state index in [-0.39, 0.29) is 0 Å². The highest BCUT2D eigenvalue weighted by molar-refractivity contribution is 6.17. The van der Waals surface area contributed by atoms with E-state index in [0.717, 1.165) is 24.5 Å². The van der Waals surface area contributed by atoms with Gasteiger partial charge in [0.15, 0.2) is 5.89 Å². The predicted molar refractivity (Wildman–Crippen MR) is 50.9 cm³/mol. The predicted octanol–water partition coefficient (Wildman–Crippen LogP) is 2.38. The van der Waals surface area contributed by atoms with E-state index in [4.69, 9.17) is 20.8 Å². The molecule has 74 valence electrons. The van der Waals surface area contributed by atoms with E-state index in [1.54, 1.807) is 6.20 Å². The molecule has 3 nitrogen and oxygen atoms in total. The van der Waals surface area contributed by atoms with Gasteiger partial charge in [0.1, 0.15) is 12.4 Å². The van der Waals surface area contributed by atoms with Gasteiger partial charge < -0.3 is 9.15 Å². The maximum atomic E-state index is 5.55. The van der Waals surface area contributed by atoms with Gasteiger partial charge in [-0.3, -0.25) is 0 Å². The van der Waals surface area contributed by atoms with Crippen molar-refractivity contribution in [1.29, 1.82) is 0 Å².